The van der Waals surface area contributed by atoms with E-state index in [4.69, 9.17) is 0 Å². The average molecular weight is 276 g/mol. The molecule has 0 aliphatic heterocycles. The van der Waals surface area contributed by atoms with Gasteiger partial charge < -0.3 is 5.32 Å². The van der Waals surface area contributed by atoms with Gasteiger partial charge in [-0.1, -0.05) is 13.8 Å². The number of hydrogen-bond acceptors (Lipinski definition) is 3. The molecule has 18 heavy (non-hydrogen) atoms. The molecule has 1 saturated carbocycles. The molecule has 4 nitrogen and oxygen atoms in total. The van der Waals surface area contributed by atoms with E-state index in [1.165, 1.54) is 12.8 Å². The van der Waals surface area contributed by atoms with Crippen LogP contribution in [-0.2, 0) is 10.0 Å². The Balaban J connectivity index is 2.24. The van der Waals surface area contributed by atoms with E-state index in [0.29, 0.717) is 6.04 Å². The van der Waals surface area contributed by atoms with Crippen LogP contribution in [0.4, 0.5) is 0 Å². The lowest BCUT2D eigenvalue weighted by Gasteiger charge is -2.25. The second-order valence-electron chi connectivity index (χ2n) is 5.24. The molecule has 0 aromatic carbocycles. The predicted molar refractivity (Wildman–Crippen MR) is 76.2 cm³/mol. The van der Waals surface area contributed by atoms with Crippen molar-refractivity contribution in [2.24, 2.45) is 0 Å². The number of nitrogens with one attached hydrogen (secondary N) is 1. The molecule has 1 aliphatic carbocycles. The summed E-state index contributed by atoms with van der Waals surface area (Å²) < 4.78 is 25.8. The summed E-state index contributed by atoms with van der Waals surface area (Å²) in [5.74, 6) is 0.284. The van der Waals surface area contributed by atoms with Gasteiger partial charge in [0.25, 0.3) is 0 Å². The van der Waals surface area contributed by atoms with Crippen LogP contribution in [0.25, 0.3) is 0 Å². The topological polar surface area (TPSA) is 49.4 Å². The number of nitrogens with zero attached hydrogens (tertiary/aromatic N) is 1. The quantitative estimate of drug-likeness (QED) is 0.621. The number of unbranched alkanes of at least 4 members (excludes halogenated alkanes) is 1. The lowest BCUT2D eigenvalue weighted by Crippen LogP contribution is -2.37. The highest BCUT2D eigenvalue weighted by molar-refractivity contribution is 7.89. The lowest BCUT2D eigenvalue weighted by atomic mass is 10.2. The normalized spacial score (nSPS) is 16.7. The Kier molecular flexibility index (Phi) is 6.60. The van der Waals surface area contributed by atoms with E-state index < -0.39 is 10.0 Å². The highest BCUT2D eigenvalue weighted by atomic mass is 32.2. The van der Waals surface area contributed by atoms with Crippen molar-refractivity contribution in [1.29, 1.82) is 0 Å². The second kappa shape index (κ2) is 7.46. The molecule has 0 atom stereocenters. The summed E-state index contributed by atoms with van der Waals surface area (Å²) in [6.07, 6.45) is 6.05. The minimum Gasteiger partial charge on any atom is -0.314 e. The maximum absolute atomic E-state index is 12.1. The van der Waals surface area contributed by atoms with Crippen molar-refractivity contribution in [3.05, 3.63) is 0 Å². The van der Waals surface area contributed by atoms with Gasteiger partial charge >= 0.3 is 0 Å². The second-order valence-corrected chi connectivity index (χ2v) is 7.39. The largest absolute Gasteiger partial charge is 0.314 e. The summed E-state index contributed by atoms with van der Waals surface area (Å²) in [5, 5.41) is 3.41. The number of sulfonamides is 1. The molecule has 1 aliphatic rings. The van der Waals surface area contributed by atoms with Gasteiger partial charge in [-0.3, -0.25) is 0 Å². The van der Waals surface area contributed by atoms with Gasteiger partial charge in [0.05, 0.1) is 5.75 Å². The fraction of sp³-hybridized carbons (Fsp3) is 1.00. The predicted octanol–water partition coefficient (Wildman–Crippen LogP) is 1.97. The van der Waals surface area contributed by atoms with E-state index in [9.17, 15) is 8.42 Å². The molecule has 0 bridgehead atoms. The van der Waals surface area contributed by atoms with Gasteiger partial charge in [-0.05, 0) is 45.1 Å². The van der Waals surface area contributed by atoms with Crippen LogP contribution in [0.2, 0.25) is 0 Å². The fourth-order valence-electron chi connectivity index (χ4n) is 2.18. The summed E-state index contributed by atoms with van der Waals surface area (Å²) in [4.78, 5) is 0. The first kappa shape index (κ1) is 15.9. The summed E-state index contributed by atoms with van der Waals surface area (Å²) in [6, 6.07) is 0.869. The Morgan fingerprint density at radius 2 is 1.83 bits per heavy atom. The van der Waals surface area contributed by atoms with Crippen LogP contribution in [0.5, 0.6) is 0 Å². The molecular weight excluding hydrogens is 248 g/mol. The molecule has 1 N–H and O–H groups in total. The van der Waals surface area contributed by atoms with E-state index in [1.807, 2.05) is 13.8 Å². The smallest absolute Gasteiger partial charge is 0.214 e. The fourth-order valence-corrected chi connectivity index (χ4v) is 3.79. The van der Waals surface area contributed by atoms with Crippen molar-refractivity contribution >= 4 is 10.0 Å². The Morgan fingerprint density at radius 3 is 2.33 bits per heavy atom. The van der Waals surface area contributed by atoms with E-state index in [-0.39, 0.29) is 11.8 Å². The molecule has 0 radical (unpaired) electrons. The van der Waals surface area contributed by atoms with E-state index in [0.717, 1.165) is 32.2 Å². The molecule has 0 aromatic rings. The van der Waals surface area contributed by atoms with Crippen LogP contribution in [-0.4, -0.2) is 44.2 Å². The van der Waals surface area contributed by atoms with Crippen molar-refractivity contribution in [1.82, 2.24) is 9.62 Å². The van der Waals surface area contributed by atoms with E-state index in [2.05, 4.69) is 5.32 Å². The molecule has 1 fully saturated rings. The molecule has 0 saturated heterocycles. The zero-order valence-electron chi connectivity index (χ0n) is 12.0. The molecule has 0 amide bonds. The first-order valence-electron chi connectivity index (χ1n) is 7.20. The molecule has 108 valence electrons. The molecular formula is C13H28N2O2S. The molecule has 0 heterocycles. The van der Waals surface area contributed by atoms with Crippen LogP contribution in [0.1, 0.15) is 52.4 Å². The molecule has 1 rings (SSSR count). The monoisotopic (exact) mass is 276 g/mol. The summed E-state index contributed by atoms with van der Waals surface area (Å²) in [6.45, 7) is 5.04. The zero-order chi connectivity index (χ0) is 13.6. The van der Waals surface area contributed by atoms with Crippen LogP contribution in [0.3, 0.4) is 0 Å². The highest BCUT2D eigenvalue weighted by Crippen LogP contribution is 2.18. The van der Waals surface area contributed by atoms with Gasteiger partial charge in [-0.25, -0.2) is 12.7 Å². The van der Waals surface area contributed by atoms with Gasteiger partial charge in [0.1, 0.15) is 0 Å². The van der Waals surface area contributed by atoms with Crippen LogP contribution in [0.15, 0.2) is 0 Å². The first-order chi connectivity index (χ1) is 8.51. The maximum Gasteiger partial charge on any atom is 0.214 e. The van der Waals surface area contributed by atoms with E-state index >= 15 is 0 Å². The number of hydrogen-bond donors (Lipinski definition) is 1. The van der Waals surface area contributed by atoms with Gasteiger partial charge in [-0.2, -0.15) is 0 Å². The highest BCUT2D eigenvalue weighted by Gasteiger charge is 2.23. The number of rotatable bonds is 10. The SMILES string of the molecule is CCC(CC)N(C)S(=O)(=O)CCCCNC1CC1. The summed E-state index contributed by atoms with van der Waals surface area (Å²) in [7, 11) is -1.35. The van der Waals surface area contributed by atoms with Crippen molar-refractivity contribution < 1.29 is 8.42 Å². The third kappa shape index (κ3) is 5.24. The first-order valence-corrected chi connectivity index (χ1v) is 8.81. The standard InChI is InChI=1S/C13H28N2O2S/c1-4-13(5-2)15(3)18(16,17)11-7-6-10-14-12-8-9-12/h12-14H,4-11H2,1-3H3. The van der Waals surface area contributed by atoms with Crippen molar-refractivity contribution in [3.8, 4) is 0 Å². The molecule has 0 aromatic heterocycles. The Morgan fingerprint density at radius 1 is 1.22 bits per heavy atom. The molecule has 0 unspecified atom stereocenters. The minimum atomic E-state index is -3.06. The van der Waals surface area contributed by atoms with Crippen molar-refractivity contribution in [2.45, 2.75) is 64.5 Å². The Hall–Kier alpha value is -0.130. The molecule has 5 heteroatoms. The van der Waals surface area contributed by atoms with Gasteiger partial charge in [0.2, 0.25) is 10.0 Å². The summed E-state index contributed by atoms with van der Waals surface area (Å²) in [5.41, 5.74) is 0. The third-order valence-corrected chi connectivity index (χ3v) is 5.72. The van der Waals surface area contributed by atoms with Crippen molar-refractivity contribution in [3.63, 3.8) is 0 Å². The maximum atomic E-state index is 12.1. The Labute approximate surface area is 112 Å². The minimum absolute atomic E-state index is 0.152. The van der Waals surface area contributed by atoms with Gasteiger partial charge in [0, 0.05) is 19.1 Å². The summed E-state index contributed by atoms with van der Waals surface area (Å²) >= 11 is 0. The van der Waals surface area contributed by atoms with Crippen molar-refractivity contribution in [2.75, 3.05) is 19.3 Å². The van der Waals surface area contributed by atoms with Crippen LogP contribution in [0, 0.1) is 0 Å². The molecule has 0 spiro atoms. The van der Waals surface area contributed by atoms with E-state index in [1.54, 1.807) is 11.4 Å². The van der Waals surface area contributed by atoms with Gasteiger partial charge in [-0.15, -0.1) is 0 Å². The average Bonchev–Trinajstić information content (AvgIpc) is 3.14. The zero-order valence-corrected chi connectivity index (χ0v) is 12.8. The third-order valence-electron chi connectivity index (χ3n) is 3.73. The lowest BCUT2D eigenvalue weighted by molar-refractivity contribution is 0.349. The van der Waals surface area contributed by atoms with Crippen LogP contribution >= 0.6 is 0 Å². The van der Waals surface area contributed by atoms with Crippen LogP contribution < -0.4 is 5.32 Å². The Bertz CT molecular complexity index is 322. The van der Waals surface area contributed by atoms with Gasteiger partial charge in [0.15, 0.2) is 0 Å².